The Morgan fingerprint density at radius 1 is 0.882 bits per heavy atom. The summed E-state index contributed by atoms with van der Waals surface area (Å²) in [4.78, 5) is 31.2. The van der Waals surface area contributed by atoms with E-state index < -0.39 is 12.1 Å². The normalized spacial score (nSPS) is 15.4. The Bertz CT molecular complexity index is 1280. The number of ketones is 1. The number of carbonyl (C=O) groups is 2. The zero-order valence-electron chi connectivity index (χ0n) is 18.8. The summed E-state index contributed by atoms with van der Waals surface area (Å²) >= 11 is 0. The summed E-state index contributed by atoms with van der Waals surface area (Å²) in [6.45, 7) is 1.09. The van der Waals surface area contributed by atoms with Crippen molar-refractivity contribution >= 4 is 22.8 Å². The van der Waals surface area contributed by atoms with Crippen LogP contribution in [0.25, 0.3) is 10.9 Å². The predicted octanol–water partition coefficient (Wildman–Crippen LogP) is 5.73. The van der Waals surface area contributed by atoms with E-state index in [2.05, 4.69) is 4.98 Å². The molecule has 2 heterocycles. The molecule has 1 saturated heterocycles. The summed E-state index contributed by atoms with van der Waals surface area (Å²) in [6, 6.07) is 24.6. The molecule has 1 amide bonds. The zero-order chi connectivity index (χ0) is 23.3. The fourth-order valence-electron chi connectivity index (χ4n) is 4.44. The Morgan fingerprint density at radius 3 is 2.32 bits per heavy atom. The molecule has 5 rings (SSSR count). The number of aromatic nitrogens is 1. The number of fused-ring (bicyclic) bond motifs is 1. The first-order valence-electron chi connectivity index (χ1n) is 11.5. The summed E-state index contributed by atoms with van der Waals surface area (Å²) in [7, 11) is 0. The predicted molar refractivity (Wildman–Crippen MR) is 130 cm³/mol. The van der Waals surface area contributed by atoms with Gasteiger partial charge in [0.15, 0.2) is 5.78 Å². The van der Waals surface area contributed by atoms with Crippen molar-refractivity contribution in [2.45, 2.75) is 32.1 Å². The van der Waals surface area contributed by atoms with Crippen LogP contribution in [0.15, 0.2) is 85.1 Å². The number of benzene rings is 3. The highest BCUT2D eigenvalue weighted by Gasteiger charge is 2.36. The number of ether oxygens (including phenoxy) is 2. The number of nitrogens with one attached hydrogen (secondary N) is 1. The number of amides is 1. The molecule has 0 saturated carbocycles. The van der Waals surface area contributed by atoms with Gasteiger partial charge in [-0.05, 0) is 36.1 Å². The van der Waals surface area contributed by atoms with Gasteiger partial charge in [-0.2, -0.15) is 0 Å². The van der Waals surface area contributed by atoms with Gasteiger partial charge in [-0.15, -0.1) is 0 Å². The third-order valence-electron chi connectivity index (χ3n) is 6.17. The molecule has 1 fully saturated rings. The largest absolute Gasteiger partial charge is 0.488 e. The van der Waals surface area contributed by atoms with Crippen LogP contribution in [0.1, 0.15) is 34.3 Å². The molecule has 4 aromatic rings. The van der Waals surface area contributed by atoms with Gasteiger partial charge in [0.1, 0.15) is 19.0 Å². The standard InChI is InChI=1S/C28H26N2O4/c31-27(24-14-8-16-30(24)28(32)34-19-21-11-5-2-6-12-21)22-17-29-23-13-7-15-25(26(22)23)33-18-20-9-3-1-4-10-20/h1-7,9-13,15,17,24,29H,8,14,16,18-19H2/t24-/m0/s1. The fourth-order valence-corrected chi connectivity index (χ4v) is 4.44. The molecule has 0 bridgehead atoms. The summed E-state index contributed by atoms with van der Waals surface area (Å²) in [6.07, 6.45) is 2.63. The topological polar surface area (TPSA) is 71.6 Å². The second kappa shape index (κ2) is 9.83. The Labute approximate surface area is 198 Å². The molecule has 1 aromatic heterocycles. The Hall–Kier alpha value is -4.06. The average molecular weight is 455 g/mol. The van der Waals surface area contributed by atoms with Crippen molar-refractivity contribution in [1.29, 1.82) is 0 Å². The van der Waals surface area contributed by atoms with Gasteiger partial charge in [0.2, 0.25) is 0 Å². The Kier molecular flexibility index (Phi) is 6.29. The van der Waals surface area contributed by atoms with E-state index >= 15 is 0 Å². The number of H-pyrrole nitrogens is 1. The molecule has 1 N–H and O–H groups in total. The Morgan fingerprint density at radius 2 is 1.59 bits per heavy atom. The van der Waals surface area contributed by atoms with Crippen LogP contribution in [-0.4, -0.2) is 34.3 Å². The summed E-state index contributed by atoms with van der Waals surface area (Å²) in [5.41, 5.74) is 3.32. The average Bonchev–Trinajstić information content (AvgIpc) is 3.55. The van der Waals surface area contributed by atoms with Gasteiger partial charge in [-0.1, -0.05) is 66.7 Å². The molecule has 0 aliphatic carbocycles. The molecule has 3 aromatic carbocycles. The maximum atomic E-state index is 13.6. The molecule has 0 radical (unpaired) electrons. The first kappa shape index (κ1) is 21.8. The van der Waals surface area contributed by atoms with Gasteiger partial charge in [0.05, 0.1) is 11.4 Å². The lowest BCUT2D eigenvalue weighted by Gasteiger charge is -2.23. The van der Waals surface area contributed by atoms with E-state index in [9.17, 15) is 9.59 Å². The van der Waals surface area contributed by atoms with Gasteiger partial charge in [0.25, 0.3) is 0 Å². The SMILES string of the molecule is O=C(c1c[nH]c2cccc(OCc3ccccc3)c12)[C@@H]1CCCN1C(=O)OCc1ccccc1. The van der Waals surface area contributed by atoms with Crippen LogP contribution in [-0.2, 0) is 18.0 Å². The minimum Gasteiger partial charge on any atom is -0.488 e. The number of hydrogen-bond acceptors (Lipinski definition) is 4. The molecule has 34 heavy (non-hydrogen) atoms. The van der Waals surface area contributed by atoms with Crippen LogP contribution in [0, 0.1) is 0 Å². The summed E-state index contributed by atoms with van der Waals surface area (Å²) in [5, 5.41) is 0.743. The van der Waals surface area contributed by atoms with Crippen LogP contribution >= 0.6 is 0 Å². The van der Waals surface area contributed by atoms with Crippen LogP contribution in [0.5, 0.6) is 5.75 Å². The third kappa shape index (κ3) is 4.53. The van der Waals surface area contributed by atoms with Gasteiger partial charge >= 0.3 is 6.09 Å². The molecular weight excluding hydrogens is 428 g/mol. The number of carbonyl (C=O) groups excluding carboxylic acids is 2. The Balaban J connectivity index is 1.34. The van der Waals surface area contributed by atoms with Crippen molar-refractivity contribution in [3.63, 3.8) is 0 Å². The molecule has 172 valence electrons. The molecule has 1 aliphatic rings. The number of nitrogens with zero attached hydrogens (tertiary/aromatic N) is 1. The van der Waals surface area contributed by atoms with Crippen molar-refractivity contribution in [3.8, 4) is 5.75 Å². The fraction of sp³-hybridized carbons (Fsp3) is 0.214. The van der Waals surface area contributed by atoms with E-state index in [4.69, 9.17) is 9.47 Å². The number of hydrogen-bond donors (Lipinski definition) is 1. The molecule has 0 spiro atoms. The van der Waals surface area contributed by atoms with Gasteiger partial charge in [-0.25, -0.2) is 4.79 Å². The highest BCUT2D eigenvalue weighted by Crippen LogP contribution is 2.32. The molecular formula is C28H26N2O4. The molecule has 6 heteroatoms. The van der Waals surface area contributed by atoms with E-state index in [0.717, 1.165) is 28.5 Å². The molecule has 6 nitrogen and oxygen atoms in total. The van der Waals surface area contributed by atoms with E-state index in [-0.39, 0.29) is 12.4 Å². The molecule has 1 aliphatic heterocycles. The first-order chi connectivity index (χ1) is 16.7. The van der Waals surface area contributed by atoms with Crippen molar-refractivity contribution in [1.82, 2.24) is 9.88 Å². The number of aromatic amines is 1. The summed E-state index contributed by atoms with van der Waals surface area (Å²) < 4.78 is 11.6. The van der Waals surface area contributed by atoms with Crippen LogP contribution < -0.4 is 4.74 Å². The van der Waals surface area contributed by atoms with Gasteiger partial charge in [0, 0.05) is 23.8 Å². The van der Waals surface area contributed by atoms with Crippen molar-refractivity contribution in [2.75, 3.05) is 6.54 Å². The lowest BCUT2D eigenvalue weighted by Crippen LogP contribution is -2.40. The van der Waals surface area contributed by atoms with Crippen LogP contribution in [0.3, 0.4) is 0 Å². The van der Waals surface area contributed by atoms with Crippen molar-refractivity contribution in [2.24, 2.45) is 0 Å². The van der Waals surface area contributed by atoms with Gasteiger partial charge < -0.3 is 14.5 Å². The second-order valence-electron chi connectivity index (χ2n) is 8.41. The molecule has 0 unspecified atom stereocenters. The highest BCUT2D eigenvalue weighted by molar-refractivity contribution is 6.12. The van der Waals surface area contributed by atoms with E-state index in [1.54, 1.807) is 11.1 Å². The zero-order valence-corrected chi connectivity index (χ0v) is 18.8. The van der Waals surface area contributed by atoms with Crippen LogP contribution in [0.4, 0.5) is 4.79 Å². The monoisotopic (exact) mass is 454 g/mol. The molecule has 1 atom stereocenters. The van der Waals surface area contributed by atoms with E-state index in [1.807, 2.05) is 78.9 Å². The van der Waals surface area contributed by atoms with Gasteiger partial charge in [-0.3, -0.25) is 9.69 Å². The van der Waals surface area contributed by atoms with E-state index in [1.165, 1.54) is 0 Å². The number of rotatable bonds is 7. The van der Waals surface area contributed by atoms with Crippen molar-refractivity contribution < 1.29 is 19.1 Å². The maximum absolute atomic E-state index is 13.6. The minimum atomic E-state index is -0.551. The smallest absolute Gasteiger partial charge is 0.410 e. The van der Waals surface area contributed by atoms with Crippen molar-refractivity contribution in [3.05, 3.63) is 102 Å². The lowest BCUT2D eigenvalue weighted by atomic mass is 10.0. The first-order valence-corrected chi connectivity index (χ1v) is 11.5. The minimum absolute atomic E-state index is 0.101. The number of likely N-dealkylation sites (tertiary alicyclic amines) is 1. The number of Topliss-reactive ketones (excluding diaryl/α,β-unsaturated/α-hetero) is 1. The summed E-state index contributed by atoms with van der Waals surface area (Å²) in [5.74, 6) is 0.540. The highest BCUT2D eigenvalue weighted by atomic mass is 16.6. The quantitative estimate of drug-likeness (QED) is 0.362. The lowest BCUT2D eigenvalue weighted by molar-refractivity contribution is 0.0739. The second-order valence-corrected chi connectivity index (χ2v) is 8.41. The van der Waals surface area contributed by atoms with Crippen LogP contribution in [0.2, 0.25) is 0 Å². The third-order valence-corrected chi connectivity index (χ3v) is 6.17. The van der Waals surface area contributed by atoms with E-state index in [0.29, 0.717) is 30.9 Å². The maximum Gasteiger partial charge on any atom is 0.410 e.